The Morgan fingerprint density at radius 2 is 1.93 bits per heavy atom. The van der Waals surface area contributed by atoms with Gasteiger partial charge in [0.25, 0.3) is 0 Å². The zero-order valence-corrected chi connectivity index (χ0v) is 8.01. The van der Waals surface area contributed by atoms with E-state index in [0.717, 1.165) is 6.08 Å². The van der Waals surface area contributed by atoms with Crippen molar-refractivity contribution in [3.8, 4) is 0 Å². The average Bonchev–Trinajstić information content (AvgIpc) is 2.15. The van der Waals surface area contributed by atoms with Crippen molar-refractivity contribution in [3.05, 3.63) is 12.7 Å². The Kier molecular flexibility index (Phi) is 5.77. The van der Waals surface area contributed by atoms with Crippen molar-refractivity contribution >= 4 is 17.9 Å². The highest BCUT2D eigenvalue weighted by molar-refractivity contribution is 5.81. The summed E-state index contributed by atoms with van der Waals surface area (Å²) in [5.41, 5.74) is 0. The molecule has 0 bridgehead atoms. The normalized spacial score (nSPS) is 11.5. The molecule has 1 unspecified atom stereocenters. The summed E-state index contributed by atoms with van der Waals surface area (Å²) in [6.07, 6.45) is 0.440. The lowest BCUT2D eigenvalue weighted by Gasteiger charge is -2.08. The predicted octanol–water partition coefficient (Wildman–Crippen LogP) is 0.281. The summed E-state index contributed by atoms with van der Waals surface area (Å²) in [4.78, 5) is 31.4. The van der Waals surface area contributed by atoms with Crippen LogP contribution in [0.3, 0.4) is 0 Å². The van der Waals surface area contributed by atoms with Crippen LogP contribution in [-0.2, 0) is 19.1 Å². The van der Waals surface area contributed by atoms with Gasteiger partial charge in [-0.05, 0) is 6.42 Å². The van der Waals surface area contributed by atoms with E-state index in [-0.39, 0.29) is 13.0 Å². The van der Waals surface area contributed by atoms with Crippen molar-refractivity contribution < 1.29 is 29.3 Å². The summed E-state index contributed by atoms with van der Waals surface area (Å²) < 4.78 is 4.54. The first-order valence-electron chi connectivity index (χ1n) is 4.21. The number of esters is 1. The first-order chi connectivity index (χ1) is 6.97. The highest BCUT2D eigenvalue weighted by Crippen LogP contribution is 2.09. The Morgan fingerprint density at radius 1 is 1.33 bits per heavy atom. The maximum atomic E-state index is 10.6. The lowest BCUT2D eigenvalue weighted by Crippen LogP contribution is -2.20. The monoisotopic (exact) mass is 216 g/mol. The summed E-state index contributed by atoms with van der Waals surface area (Å²) in [5.74, 6) is -4.11. The fourth-order valence-electron chi connectivity index (χ4n) is 0.884. The zero-order valence-electron chi connectivity index (χ0n) is 8.01. The van der Waals surface area contributed by atoms with Crippen LogP contribution in [0.25, 0.3) is 0 Å². The van der Waals surface area contributed by atoms with E-state index in [1.165, 1.54) is 0 Å². The van der Waals surface area contributed by atoms with Crippen LogP contribution >= 0.6 is 0 Å². The van der Waals surface area contributed by atoms with Gasteiger partial charge in [0, 0.05) is 6.08 Å². The largest absolute Gasteiger partial charge is 0.481 e. The molecule has 0 aliphatic rings. The topological polar surface area (TPSA) is 101 Å². The molecular weight excluding hydrogens is 204 g/mol. The first-order valence-corrected chi connectivity index (χ1v) is 4.21. The molecule has 0 aliphatic heterocycles. The van der Waals surface area contributed by atoms with Gasteiger partial charge in [-0.25, -0.2) is 4.79 Å². The van der Waals surface area contributed by atoms with E-state index < -0.39 is 30.2 Å². The molecular formula is C9H12O6. The molecule has 0 spiro atoms. The van der Waals surface area contributed by atoms with E-state index in [4.69, 9.17) is 10.2 Å². The van der Waals surface area contributed by atoms with Gasteiger partial charge in [-0.3, -0.25) is 9.59 Å². The number of carboxylic acid groups (broad SMARTS) is 2. The minimum Gasteiger partial charge on any atom is -0.481 e. The van der Waals surface area contributed by atoms with Gasteiger partial charge < -0.3 is 14.9 Å². The zero-order chi connectivity index (χ0) is 11.8. The summed E-state index contributed by atoms with van der Waals surface area (Å²) >= 11 is 0. The average molecular weight is 216 g/mol. The number of ether oxygens (including phenoxy) is 1. The minimum atomic E-state index is -1.22. The van der Waals surface area contributed by atoms with Crippen LogP contribution in [0.5, 0.6) is 0 Å². The van der Waals surface area contributed by atoms with Crippen LogP contribution in [0.15, 0.2) is 12.7 Å². The van der Waals surface area contributed by atoms with Crippen LogP contribution in [0.2, 0.25) is 0 Å². The second-order valence-corrected chi connectivity index (χ2v) is 2.79. The number of rotatable bonds is 7. The fraction of sp³-hybridized carbons (Fsp3) is 0.444. The van der Waals surface area contributed by atoms with Crippen LogP contribution in [0, 0.1) is 5.92 Å². The van der Waals surface area contributed by atoms with Gasteiger partial charge in [-0.1, -0.05) is 6.58 Å². The molecule has 0 aromatic carbocycles. The summed E-state index contributed by atoms with van der Waals surface area (Å²) in [7, 11) is 0. The summed E-state index contributed by atoms with van der Waals surface area (Å²) in [5, 5.41) is 17.0. The number of carbonyl (C=O) groups excluding carboxylic acids is 1. The quantitative estimate of drug-likeness (QED) is 0.468. The van der Waals surface area contributed by atoms with Gasteiger partial charge in [-0.2, -0.15) is 0 Å². The molecule has 0 heterocycles. The molecule has 0 rings (SSSR count). The molecule has 0 radical (unpaired) electrons. The van der Waals surface area contributed by atoms with Crippen molar-refractivity contribution in [2.24, 2.45) is 5.92 Å². The highest BCUT2D eigenvalue weighted by Gasteiger charge is 2.20. The van der Waals surface area contributed by atoms with E-state index in [2.05, 4.69) is 11.3 Å². The smallest absolute Gasteiger partial charge is 0.330 e. The maximum absolute atomic E-state index is 10.6. The third-order valence-corrected chi connectivity index (χ3v) is 1.65. The van der Waals surface area contributed by atoms with Gasteiger partial charge in [0.15, 0.2) is 0 Å². The van der Waals surface area contributed by atoms with Crippen molar-refractivity contribution in [1.29, 1.82) is 0 Å². The summed E-state index contributed by atoms with van der Waals surface area (Å²) in [6.45, 7) is 3.03. The molecule has 0 fully saturated rings. The van der Waals surface area contributed by atoms with Crippen LogP contribution in [-0.4, -0.2) is 34.7 Å². The molecule has 15 heavy (non-hydrogen) atoms. The fourth-order valence-corrected chi connectivity index (χ4v) is 0.884. The third kappa shape index (κ3) is 6.25. The molecule has 6 nitrogen and oxygen atoms in total. The van der Waals surface area contributed by atoms with Crippen molar-refractivity contribution in [3.63, 3.8) is 0 Å². The third-order valence-electron chi connectivity index (χ3n) is 1.65. The first kappa shape index (κ1) is 13.2. The van der Waals surface area contributed by atoms with Crippen LogP contribution in [0.4, 0.5) is 0 Å². The second kappa shape index (κ2) is 6.58. The molecule has 0 saturated carbocycles. The van der Waals surface area contributed by atoms with Gasteiger partial charge >= 0.3 is 17.9 Å². The Bertz CT molecular complexity index is 270. The van der Waals surface area contributed by atoms with Gasteiger partial charge in [0.1, 0.15) is 0 Å². The lowest BCUT2D eigenvalue weighted by molar-refractivity contribution is -0.150. The standard InChI is InChI=1S/C9H12O6/c1-2-8(12)15-4-3-6(9(13)14)5-7(10)11/h2,6H,1,3-5H2,(H,10,11)(H,13,14). The van der Waals surface area contributed by atoms with Gasteiger partial charge in [0.05, 0.1) is 18.9 Å². The molecule has 0 aromatic rings. The SMILES string of the molecule is C=CC(=O)OCCC(CC(=O)O)C(=O)O. The molecule has 1 atom stereocenters. The molecule has 0 saturated heterocycles. The van der Waals surface area contributed by atoms with E-state index in [1.54, 1.807) is 0 Å². The van der Waals surface area contributed by atoms with Crippen molar-refractivity contribution in [1.82, 2.24) is 0 Å². The number of carbonyl (C=O) groups is 3. The van der Waals surface area contributed by atoms with E-state index >= 15 is 0 Å². The molecule has 2 N–H and O–H groups in total. The molecule has 0 amide bonds. The molecule has 0 aliphatic carbocycles. The van der Waals surface area contributed by atoms with Crippen molar-refractivity contribution in [2.45, 2.75) is 12.8 Å². The van der Waals surface area contributed by atoms with Crippen LogP contribution < -0.4 is 0 Å². The predicted molar refractivity (Wildman–Crippen MR) is 49.2 cm³/mol. The lowest BCUT2D eigenvalue weighted by atomic mass is 10.0. The number of hydrogen-bond acceptors (Lipinski definition) is 4. The second-order valence-electron chi connectivity index (χ2n) is 2.79. The number of aliphatic carboxylic acids is 2. The van der Waals surface area contributed by atoms with Crippen molar-refractivity contribution in [2.75, 3.05) is 6.61 Å². The molecule has 6 heteroatoms. The minimum absolute atomic E-state index is 0.0266. The van der Waals surface area contributed by atoms with Gasteiger partial charge in [-0.15, -0.1) is 0 Å². The highest BCUT2D eigenvalue weighted by atomic mass is 16.5. The van der Waals surface area contributed by atoms with Crippen LogP contribution in [0.1, 0.15) is 12.8 Å². The van der Waals surface area contributed by atoms with Gasteiger partial charge in [0.2, 0.25) is 0 Å². The number of hydrogen-bond donors (Lipinski definition) is 2. The Hall–Kier alpha value is -1.85. The molecule has 84 valence electrons. The van der Waals surface area contributed by atoms with E-state index in [9.17, 15) is 14.4 Å². The molecule has 0 aromatic heterocycles. The van der Waals surface area contributed by atoms with E-state index in [0.29, 0.717) is 0 Å². The maximum Gasteiger partial charge on any atom is 0.330 e. The van der Waals surface area contributed by atoms with E-state index in [1.807, 2.05) is 0 Å². The Balaban J connectivity index is 3.96. The Morgan fingerprint density at radius 3 is 2.33 bits per heavy atom. The Labute approximate surface area is 86.2 Å². The number of carboxylic acids is 2. The summed E-state index contributed by atoms with van der Waals surface area (Å²) in [6, 6.07) is 0.